The zero-order valence-corrected chi connectivity index (χ0v) is 11.2. The molecule has 0 saturated carbocycles. The largest absolute Gasteiger partial charge is 0.491 e. The van der Waals surface area contributed by atoms with Crippen LogP contribution in [0.25, 0.3) is 0 Å². The highest BCUT2D eigenvalue weighted by Crippen LogP contribution is 2.18. The molecule has 1 N–H and O–H groups in total. The highest BCUT2D eigenvalue weighted by Gasteiger charge is 2.23. The summed E-state index contributed by atoms with van der Waals surface area (Å²) in [6, 6.07) is 7.86. The molecule has 104 valence electrons. The highest BCUT2D eigenvalue weighted by molar-refractivity contribution is 5.69. The number of carbonyl (C=O) groups is 1. The van der Waals surface area contributed by atoms with Gasteiger partial charge < -0.3 is 14.6 Å². The van der Waals surface area contributed by atoms with Crippen LogP contribution in [0.2, 0.25) is 0 Å². The highest BCUT2D eigenvalue weighted by atomic mass is 16.6. The molecule has 0 aromatic heterocycles. The maximum absolute atomic E-state index is 10.9. The summed E-state index contributed by atoms with van der Waals surface area (Å²) in [5.74, 6) is -0.112. The molecule has 1 fully saturated rings. The van der Waals surface area contributed by atoms with Crippen LogP contribution in [0.3, 0.4) is 0 Å². The van der Waals surface area contributed by atoms with Crippen LogP contribution in [0, 0.1) is 5.92 Å². The smallest absolute Gasteiger partial charge is 0.306 e. The van der Waals surface area contributed by atoms with E-state index in [1.54, 1.807) is 0 Å². The van der Waals surface area contributed by atoms with Crippen LogP contribution in [-0.4, -0.2) is 30.4 Å². The number of hydrogen-bond donors (Lipinski definition) is 1. The Balaban J connectivity index is 1.78. The number of rotatable bonds is 8. The Hall–Kier alpha value is -1.55. The van der Waals surface area contributed by atoms with E-state index in [-0.39, 0.29) is 12.0 Å². The van der Waals surface area contributed by atoms with E-state index in [0.29, 0.717) is 19.4 Å². The second kappa shape index (κ2) is 6.57. The van der Waals surface area contributed by atoms with Crippen molar-refractivity contribution in [3.8, 4) is 5.75 Å². The minimum Gasteiger partial charge on any atom is -0.491 e. The molecule has 2 unspecified atom stereocenters. The number of benzene rings is 1. The van der Waals surface area contributed by atoms with Gasteiger partial charge in [-0.2, -0.15) is 0 Å². The first-order valence-corrected chi connectivity index (χ1v) is 6.75. The van der Waals surface area contributed by atoms with Gasteiger partial charge >= 0.3 is 5.97 Å². The maximum Gasteiger partial charge on any atom is 0.306 e. The van der Waals surface area contributed by atoms with Crippen LogP contribution in [0.1, 0.15) is 25.3 Å². The molecule has 1 aliphatic rings. The number of carboxylic acid groups (broad SMARTS) is 1. The molecule has 4 nitrogen and oxygen atoms in total. The molecular formula is C15H20O4. The number of hydrogen-bond acceptors (Lipinski definition) is 3. The van der Waals surface area contributed by atoms with Crippen LogP contribution >= 0.6 is 0 Å². The van der Waals surface area contributed by atoms with E-state index in [1.807, 2.05) is 31.2 Å². The van der Waals surface area contributed by atoms with E-state index in [4.69, 9.17) is 14.6 Å². The molecule has 1 saturated heterocycles. The molecule has 1 aromatic rings. The molecule has 1 aliphatic heterocycles. The summed E-state index contributed by atoms with van der Waals surface area (Å²) in [5.41, 5.74) is 1.15. The Labute approximate surface area is 113 Å². The Bertz CT molecular complexity index is 409. The zero-order valence-electron chi connectivity index (χ0n) is 11.2. The number of ether oxygens (including phenoxy) is 2. The second-order valence-corrected chi connectivity index (χ2v) is 4.89. The summed E-state index contributed by atoms with van der Waals surface area (Å²) >= 11 is 0. The first-order chi connectivity index (χ1) is 9.19. The number of carboxylic acids is 1. The van der Waals surface area contributed by atoms with Gasteiger partial charge in [-0.05, 0) is 37.0 Å². The quantitative estimate of drug-likeness (QED) is 0.733. The van der Waals surface area contributed by atoms with E-state index in [0.717, 1.165) is 24.3 Å². The first-order valence-electron chi connectivity index (χ1n) is 6.75. The minimum atomic E-state index is -0.702. The van der Waals surface area contributed by atoms with E-state index in [1.165, 1.54) is 0 Å². The fourth-order valence-electron chi connectivity index (χ4n) is 1.95. The number of aliphatic carboxylic acids is 1. The number of aryl methyl sites for hydroxylation is 1. The van der Waals surface area contributed by atoms with Crippen molar-refractivity contribution in [2.75, 3.05) is 13.2 Å². The first kappa shape index (κ1) is 13.9. The molecule has 19 heavy (non-hydrogen) atoms. The molecule has 0 aliphatic carbocycles. The van der Waals surface area contributed by atoms with Gasteiger partial charge in [0.15, 0.2) is 0 Å². The molecular weight excluding hydrogens is 244 g/mol. The van der Waals surface area contributed by atoms with E-state index < -0.39 is 5.97 Å². The maximum atomic E-state index is 10.9. The summed E-state index contributed by atoms with van der Waals surface area (Å²) in [5, 5.41) is 8.99. The van der Waals surface area contributed by atoms with Crippen molar-refractivity contribution in [2.45, 2.75) is 32.3 Å². The van der Waals surface area contributed by atoms with Gasteiger partial charge in [-0.25, -0.2) is 0 Å². The molecule has 0 amide bonds. The minimum absolute atomic E-state index is 0.247. The Morgan fingerprint density at radius 3 is 2.68 bits per heavy atom. The van der Waals surface area contributed by atoms with Crippen LogP contribution in [0.15, 0.2) is 24.3 Å². The monoisotopic (exact) mass is 264 g/mol. The van der Waals surface area contributed by atoms with Gasteiger partial charge in [-0.3, -0.25) is 4.79 Å². The van der Waals surface area contributed by atoms with Crippen molar-refractivity contribution in [3.05, 3.63) is 29.8 Å². The third-order valence-electron chi connectivity index (χ3n) is 3.39. The molecule has 1 heterocycles. The normalized spacial score (nSPS) is 18.9. The predicted molar refractivity (Wildman–Crippen MR) is 71.4 cm³/mol. The van der Waals surface area contributed by atoms with Crippen molar-refractivity contribution in [2.24, 2.45) is 5.92 Å². The summed E-state index contributed by atoms with van der Waals surface area (Å²) in [6.45, 7) is 3.32. The molecule has 1 aromatic carbocycles. The van der Waals surface area contributed by atoms with Crippen LogP contribution in [-0.2, 0) is 16.0 Å². The fourth-order valence-corrected chi connectivity index (χ4v) is 1.95. The van der Waals surface area contributed by atoms with E-state index in [2.05, 4.69) is 0 Å². The molecule has 0 radical (unpaired) electrons. The van der Waals surface area contributed by atoms with Gasteiger partial charge in [0.25, 0.3) is 0 Å². The van der Waals surface area contributed by atoms with Gasteiger partial charge in [0, 0.05) is 0 Å². The van der Waals surface area contributed by atoms with Crippen LogP contribution in [0.4, 0.5) is 0 Å². The number of epoxide rings is 1. The van der Waals surface area contributed by atoms with Gasteiger partial charge in [0.1, 0.15) is 18.5 Å². The van der Waals surface area contributed by atoms with Gasteiger partial charge in [0.2, 0.25) is 0 Å². The molecule has 0 spiro atoms. The van der Waals surface area contributed by atoms with Crippen LogP contribution < -0.4 is 4.74 Å². The average molecular weight is 264 g/mol. The summed E-state index contributed by atoms with van der Waals surface area (Å²) < 4.78 is 10.6. The lowest BCUT2D eigenvalue weighted by Crippen LogP contribution is -2.13. The average Bonchev–Trinajstić information content (AvgIpc) is 3.22. The second-order valence-electron chi connectivity index (χ2n) is 4.89. The third kappa shape index (κ3) is 4.56. The molecule has 2 rings (SSSR count). The molecule has 0 bridgehead atoms. The SMILES string of the molecule is CCC(CCc1ccc(OCC2CO2)cc1)C(=O)O. The third-order valence-corrected chi connectivity index (χ3v) is 3.39. The van der Waals surface area contributed by atoms with Crippen molar-refractivity contribution in [1.82, 2.24) is 0 Å². The van der Waals surface area contributed by atoms with Crippen molar-refractivity contribution in [1.29, 1.82) is 0 Å². The summed E-state index contributed by atoms with van der Waals surface area (Å²) in [7, 11) is 0. The fraction of sp³-hybridized carbons (Fsp3) is 0.533. The van der Waals surface area contributed by atoms with E-state index in [9.17, 15) is 4.79 Å². The van der Waals surface area contributed by atoms with Crippen LogP contribution in [0.5, 0.6) is 5.75 Å². The molecule has 2 atom stereocenters. The zero-order chi connectivity index (χ0) is 13.7. The topological polar surface area (TPSA) is 59.1 Å². The van der Waals surface area contributed by atoms with Gasteiger partial charge in [-0.1, -0.05) is 19.1 Å². The lowest BCUT2D eigenvalue weighted by molar-refractivity contribution is -0.142. The van der Waals surface area contributed by atoms with Crippen molar-refractivity contribution >= 4 is 5.97 Å². The van der Waals surface area contributed by atoms with Crippen molar-refractivity contribution < 1.29 is 19.4 Å². The van der Waals surface area contributed by atoms with Gasteiger partial charge in [-0.15, -0.1) is 0 Å². The van der Waals surface area contributed by atoms with Gasteiger partial charge in [0.05, 0.1) is 12.5 Å². The molecule has 4 heteroatoms. The van der Waals surface area contributed by atoms with E-state index >= 15 is 0 Å². The Kier molecular flexibility index (Phi) is 4.80. The summed E-state index contributed by atoms with van der Waals surface area (Å²) in [4.78, 5) is 10.9. The lowest BCUT2D eigenvalue weighted by atomic mass is 9.97. The van der Waals surface area contributed by atoms with Crippen molar-refractivity contribution in [3.63, 3.8) is 0 Å². The predicted octanol–water partition coefficient (Wildman–Crippen LogP) is 2.51. The Morgan fingerprint density at radius 2 is 2.16 bits per heavy atom. The standard InChI is InChI=1S/C15H20O4/c1-2-12(15(16)17)6-3-11-4-7-13(8-5-11)18-9-14-10-19-14/h4-5,7-8,12,14H,2-3,6,9-10H2,1H3,(H,16,17). The summed E-state index contributed by atoms with van der Waals surface area (Å²) in [6.07, 6.45) is 2.41. The Morgan fingerprint density at radius 1 is 1.47 bits per heavy atom. The lowest BCUT2D eigenvalue weighted by Gasteiger charge is -2.10.